The largest absolute Gasteiger partial charge is 0.480 e. The summed E-state index contributed by atoms with van der Waals surface area (Å²) in [6.07, 6.45) is 3.39. The van der Waals surface area contributed by atoms with Gasteiger partial charge in [-0.3, -0.25) is 14.5 Å². The maximum absolute atomic E-state index is 12.0. The number of hydrogen-bond acceptors (Lipinski definition) is 5. The molecule has 29 heavy (non-hydrogen) atoms. The van der Waals surface area contributed by atoms with Gasteiger partial charge in [-0.1, -0.05) is 13.0 Å². The number of H-pyrrole nitrogens is 1. The molecule has 0 bridgehead atoms. The van der Waals surface area contributed by atoms with Crippen molar-refractivity contribution in [2.75, 3.05) is 38.0 Å². The number of hydrogen-bond donors (Lipinski definition) is 4. The van der Waals surface area contributed by atoms with Gasteiger partial charge in [0.25, 0.3) is 0 Å². The van der Waals surface area contributed by atoms with E-state index in [0.717, 1.165) is 37.2 Å². The Morgan fingerprint density at radius 1 is 1.17 bits per heavy atom. The van der Waals surface area contributed by atoms with E-state index in [4.69, 9.17) is 5.11 Å². The van der Waals surface area contributed by atoms with Gasteiger partial charge in [-0.2, -0.15) is 0 Å². The quantitative estimate of drug-likeness (QED) is 0.519. The Morgan fingerprint density at radius 2 is 1.90 bits per heavy atom. The van der Waals surface area contributed by atoms with E-state index in [0.29, 0.717) is 29.9 Å². The van der Waals surface area contributed by atoms with Crippen LogP contribution < -0.4 is 5.32 Å². The van der Waals surface area contributed by atoms with Gasteiger partial charge < -0.3 is 25.4 Å². The molecule has 0 aliphatic carbocycles. The van der Waals surface area contributed by atoms with E-state index in [9.17, 15) is 19.5 Å². The maximum Gasteiger partial charge on any atom is 0.328 e. The summed E-state index contributed by atoms with van der Waals surface area (Å²) in [5, 5.41) is 21.8. The van der Waals surface area contributed by atoms with E-state index in [1.807, 2.05) is 4.90 Å². The second kappa shape index (κ2) is 8.89. The minimum absolute atomic E-state index is 0.481. The van der Waals surface area contributed by atoms with Gasteiger partial charge in [0, 0.05) is 66.7 Å². The third-order valence-electron chi connectivity index (χ3n) is 5.11. The van der Waals surface area contributed by atoms with Crippen LogP contribution in [0.25, 0.3) is 10.9 Å². The second-order valence-corrected chi connectivity index (χ2v) is 6.88. The first-order valence-electron chi connectivity index (χ1n) is 9.41. The lowest BCUT2D eigenvalue weighted by Crippen LogP contribution is -2.49. The Balaban J connectivity index is 1.81. The fraction of sp³-hybridized carbons (Fsp3) is 0.350. The van der Waals surface area contributed by atoms with Crippen LogP contribution in [0.15, 0.2) is 36.5 Å². The molecule has 1 unspecified atom stereocenters. The molecule has 3 rings (SSSR count). The van der Waals surface area contributed by atoms with Gasteiger partial charge in [0.15, 0.2) is 0 Å². The molecule has 2 heterocycles. The molecule has 9 nitrogen and oxygen atoms in total. The lowest BCUT2D eigenvalue weighted by Gasteiger charge is -2.37. The molecule has 1 fully saturated rings. The summed E-state index contributed by atoms with van der Waals surface area (Å²) in [6.45, 7) is 6.08. The van der Waals surface area contributed by atoms with E-state index >= 15 is 0 Å². The number of likely N-dealkylation sites (N-methyl/N-ethyl adjacent to an activating group) is 1. The molecule has 1 aliphatic heterocycles. The first-order chi connectivity index (χ1) is 13.9. The van der Waals surface area contributed by atoms with Crippen LogP contribution in [0, 0.1) is 0 Å². The summed E-state index contributed by atoms with van der Waals surface area (Å²) >= 11 is 0. The fourth-order valence-electron chi connectivity index (χ4n) is 3.61. The number of rotatable bonds is 7. The van der Waals surface area contributed by atoms with Crippen LogP contribution in [0.5, 0.6) is 0 Å². The number of aliphatic carboxylic acids is 2. The number of fused-ring (bicyclic) bond motifs is 1. The number of carbonyl (C=O) groups is 3. The number of nitrogens with zero attached hydrogens (tertiary/aromatic N) is 2. The monoisotopic (exact) mass is 400 g/mol. The van der Waals surface area contributed by atoms with E-state index in [1.165, 1.54) is 0 Å². The van der Waals surface area contributed by atoms with E-state index in [1.54, 1.807) is 24.4 Å². The van der Waals surface area contributed by atoms with Crippen molar-refractivity contribution in [2.24, 2.45) is 0 Å². The van der Waals surface area contributed by atoms with Crippen LogP contribution in [0.2, 0.25) is 0 Å². The molecular formula is C20H24N4O5. The van der Waals surface area contributed by atoms with Crippen molar-refractivity contribution in [2.45, 2.75) is 13.0 Å². The summed E-state index contributed by atoms with van der Waals surface area (Å²) in [4.78, 5) is 41.6. The molecule has 4 N–H and O–H groups in total. The highest BCUT2D eigenvalue weighted by Gasteiger charge is 2.31. The number of aromatic amines is 1. The number of anilines is 1. The number of benzene rings is 1. The molecule has 0 radical (unpaired) electrons. The normalized spacial score (nSPS) is 16.9. The molecule has 1 atom stereocenters. The summed E-state index contributed by atoms with van der Waals surface area (Å²) in [6, 6.07) is 4.37. The van der Waals surface area contributed by atoms with Crippen molar-refractivity contribution >= 4 is 34.4 Å². The highest BCUT2D eigenvalue weighted by molar-refractivity contribution is 6.03. The molecular weight excluding hydrogens is 376 g/mol. The van der Waals surface area contributed by atoms with Crippen molar-refractivity contribution in [1.82, 2.24) is 14.8 Å². The minimum atomic E-state index is -1.20. The molecule has 1 aromatic heterocycles. The van der Waals surface area contributed by atoms with Gasteiger partial charge in [-0.25, -0.2) is 4.79 Å². The molecule has 9 heteroatoms. The summed E-state index contributed by atoms with van der Waals surface area (Å²) in [5.74, 6) is -2.66. The van der Waals surface area contributed by atoms with Crippen molar-refractivity contribution in [3.05, 3.63) is 42.1 Å². The van der Waals surface area contributed by atoms with Crippen LogP contribution in [0.1, 0.15) is 18.5 Å². The highest BCUT2D eigenvalue weighted by Crippen LogP contribution is 2.31. The molecule has 1 aromatic carbocycles. The lowest BCUT2D eigenvalue weighted by atomic mass is 10.0. The first kappa shape index (κ1) is 20.6. The maximum atomic E-state index is 12.0. The minimum Gasteiger partial charge on any atom is -0.480 e. The van der Waals surface area contributed by atoms with Crippen LogP contribution in [-0.2, 0) is 14.4 Å². The number of carbonyl (C=O) groups excluding carboxylic acids is 1. The highest BCUT2D eigenvalue weighted by atomic mass is 16.4. The number of nitrogens with one attached hydrogen (secondary N) is 2. The van der Waals surface area contributed by atoms with Gasteiger partial charge in [0.2, 0.25) is 5.91 Å². The third kappa shape index (κ3) is 4.82. The topological polar surface area (TPSA) is 126 Å². The lowest BCUT2D eigenvalue weighted by molar-refractivity contribution is -0.144. The van der Waals surface area contributed by atoms with Crippen molar-refractivity contribution in [1.29, 1.82) is 0 Å². The van der Waals surface area contributed by atoms with Crippen molar-refractivity contribution < 1.29 is 24.6 Å². The fourth-order valence-corrected chi connectivity index (χ4v) is 3.61. The average molecular weight is 400 g/mol. The smallest absolute Gasteiger partial charge is 0.328 e. The summed E-state index contributed by atoms with van der Waals surface area (Å²) in [5.41, 5.74) is 1.86. The zero-order chi connectivity index (χ0) is 21.0. The SMILES string of the molecule is CCN1CCN(C(C(=O)O)c2c[nH]c3cc(NC(=O)/C=C/C(=O)O)ccc23)CC1. The standard InChI is InChI=1S/C20H24N4O5/c1-2-23-7-9-24(10-8-23)19(20(28)29)15-12-21-16-11-13(3-4-14(15)16)22-17(25)5-6-18(26)27/h3-6,11-12,19,21H,2,7-10H2,1H3,(H,22,25)(H,26,27)(H,28,29)/b6-5+. The van der Waals surface area contributed by atoms with Gasteiger partial charge in [-0.05, 0) is 18.7 Å². The average Bonchev–Trinajstić information content (AvgIpc) is 3.09. The molecule has 2 aromatic rings. The van der Waals surface area contributed by atoms with E-state index < -0.39 is 23.9 Å². The Kier molecular flexibility index (Phi) is 6.30. The number of carboxylic acids is 2. The van der Waals surface area contributed by atoms with Crippen LogP contribution in [0.3, 0.4) is 0 Å². The number of aromatic nitrogens is 1. The van der Waals surface area contributed by atoms with E-state index in [-0.39, 0.29) is 0 Å². The predicted molar refractivity (Wildman–Crippen MR) is 108 cm³/mol. The van der Waals surface area contributed by atoms with Crippen molar-refractivity contribution in [3.63, 3.8) is 0 Å². The predicted octanol–water partition coefficient (Wildman–Crippen LogP) is 1.51. The molecule has 154 valence electrons. The molecule has 1 aliphatic rings. The zero-order valence-electron chi connectivity index (χ0n) is 16.1. The summed E-state index contributed by atoms with van der Waals surface area (Å²) in [7, 11) is 0. The Hall–Kier alpha value is -3.17. The van der Waals surface area contributed by atoms with Crippen LogP contribution in [0.4, 0.5) is 5.69 Å². The van der Waals surface area contributed by atoms with Gasteiger partial charge in [0.1, 0.15) is 6.04 Å². The molecule has 1 amide bonds. The Bertz CT molecular complexity index is 943. The molecule has 0 saturated carbocycles. The molecule has 1 saturated heterocycles. The summed E-state index contributed by atoms with van der Waals surface area (Å²) < 4.78 is 0. The Morgan fingerprint density at radius 3 is 2.52 bits per heavy atom. The number of piperazine rings is 1. The second-order valence-electron chi connectivity index (χ2n) is 6.88. The van der Waals surface area contributed by atoms with Crippen molar-refractivity contribution in [3.8, 4) is 0 Å². The third-order valence-corrected chi connectivity index (χ3v) is 5.11. The first-order valence-corrected chi connectivity index (χ1v) is 9.41. The van der Waals surface area contributed by atoms with E-state index in [2.05, 4.69) is 22.1 Å². The van der Waals surface area contributed by atoms with Gasteiger partial charge >= 0.3 is 11.9 Å². The number of carboxylic acid groups (broad SMARTS) is 2. The Labute approximate surface area is 167 Å². The van der Waals surface area contributed by atoms with Crippen LogP contribution in [-0.4, -0.2) is 75.6 Å². The van der Waals surface area contributed by atoms with Gasteiger partial charge in [-0.15, -0.1) is 0 Å². The molecule has 0 spiro atoms. The van der Waals surface area contributed by atoms with Gasteiger partial charge in [0.05, 0.1) is 0 Å². The number of amides is 1. The van der Waals surface area contributed by atoms with Crippen LogP contribution >= 0.6 is 0 Å². The zero-order valence-corrected chi connectivity index (χ0v) is 16.1.